The van der Waals surface area contributed by atoms with Crippen LogP contribution in [0.5, 0.6) is 0 Å². The van der Waals surface area contributed by atoms with Crippen molar-refractivity contribution in [1.29, 1.82) is 0 Å². The first kappa shape index (κ1) is 20.4. The van der Waals surface area contributed by atoms with E-state index in [1.165, 1.54) is 6.07 Å². The van der Waals surface area contributed by atoms with Crippen molar-refractivity contribution in [1.82, 2.24) is 14.4 Å². The van der Waals surface area contributed by atoms with Crippen LogP contribution in [0.2, 0.25) is 0 Å². The van der Waals surface area contributed by atoms with Crippen LogP contribution >= 0.6 is 0 Å². The van der Waals surface area contributed by atoms with Crippen molar-refractivity contribution in [3.05, 3.63) is 52.6 Å². The van der Waals surface area contributed by atoms with Gasteiger partial charge in [0.2, 0.25) is 0 Å². The van der Waals surface area contributed by atoms with E-state index in [9.17, 15) is 23.6 Å². The molecular weight excluding hydrogens is 377 g/mol. The lowest BCUT2D eigenvalue weighted by atomic mass is 10.1. The predicted octanol–water partition coefficient (Wildman–Crippen LogP) is 2.92. The number of amides is 4. The lowest BCUT2D eigenvalue weighted by molar-refractivity contribution is -0.143. The molecule has 4 amide bonds. The van der Waals surface area contributed by atoms with Crippen LogP contribution in [0, 0.1) is 26.6 Å². The van der Waals surface area contributed by atoms with E-state index in [1.54, 1.807) is 57.4 Å². The summed E-state index contributed by atoms with van der Waals surface area (Å²) in [6, 6.07) is 5.13. The standard InChI is InChI=1S/C21H22FN3O4/c1-11(2)24-20(28)19(27)23(21(24)29)10-18(26)16-8-13(4)25(14(16)5)15-7-6-12(3)17(22)9-15/h6-9,11H,10H2,1-5H3. The Labute approximate surface area is 167 Å². The Morgan fingerprint density at radius 1 is 1.03 bits per heavy atom. The van der Waals surface area contributed by atoms with Crippen molar-refractivity contribution in [2.75, 3.05) is 6.54 Å². The Balaban J connectivity index is 1.91. The van der Waals surface area contributed by atoms with Gasteiger partial charge in [-0.1, -0.05) is 6.07 Å². The number of benzene rings is 1. The van der Waals surface area contributed by atoms with E-state index in [0.29, 0.717) is 33.1 Å². The molecule has 0 atom stereocenters. The lowest BCUT2D eigenvalue weighted by Crippen LogP contribution is -2.39. The third-order valence-corrected chi connectivity index (χ3v) is 5.05. The maximum absolute atomic E-state index is 14.0. The number of hydrogen-bond donors (Lipinski definition) is 0. The number of halogens is 1. The van der Waals surface area contributed by atoms with Crippen molar-refractivity contribution in [2.24, 2.45) is 0 Å². The summed E-state index contributed by atoms with van der Waals surface area (Å²) in [5, 5.41) is 0. The summed E-state index contributed by atoms with van der Waals surface area (Å²) in [4.78, 5) is 50.9. The van der Waals surface area contributed by atoms with Gasteiger partial charge in [0.25, 0.3) is 0 Å². The van der Waals surface area contributed by atoms with Gasteiger partial charge in [0.1, 0.15) is 5.82 Å². The molecule has 1 saturated heterocycles. The normalized spacial score (nSPS) is 14.5. The smallest absolute Gasteiger partial charge is 0.318 e. The minimum atomic E-state index is -1.01. The van der Waals surface area contributed by atoms with Crippen molar-refractivity contribution < 1.29 is 23.6 Å². The highest BCUT2D eigenvalue weighted by atomic mass is 19.1. The zero-order valence-electron chi connectivity index (χ0n) is 16.9. The number of imide groups is 2. The maximum Gasteiger partial charge on any atom is 0.334 e. The molecule has 2 aromatic rings. The van der Waals surface area contributed by atoms with Gasteiger partial charge in [0.05, 0.1) is 6.54 Å². The van der Waals surface area contributed by atoms with Crippen LogP contribution < -0.4 is 0 Å². The molecule has 1 aliphatic rings. The van der Waals surface area contributed by atoms with Gasteiger partial charge in [0.15, 0.2) is 5.78 Å². The van der Waals surface area contributed by atoms with Crippen molar-refractivity contribution in [3.63, 3.8) is 0 Å². The van der Waals surface area contributed by atoms with Gasteiger partial charge in [-0.15, -0.1) is 0 Å². The number of aromatic nitrogens is 1. The van der Waals surface area contributed by atoms with Crippen molar-refractivity contribution in [2.45, 2.75) is 40.7 Å². The second-order valence-corrected chi connectivity index (χ2v) is 7.42. The summed E-state index contributed by atoms with van der Waals surface area (Å²) in [6.07, 6.45) is 0. The molecule has 1 aliphatic heterocycles. The molecule has 0 aliphatic carbocycles. The van der Waals surface area contributed by atoms with E-state index < -0.39 is 36.2 Å². The third-order valence-electron chi connectivity index (χ3n) is 5.05. The summed E-state index contributed by atoms with van der Waals surface area (Å²) in [5.74, 6) is -2.77. The van der Waals surface area contributed by atoms with Gasteiger partial charge >= 0.3 is 17.8 Å². The molecule has 152 valence electrons. The van der Waals surface area contributed by atoms with Crippen LogP contribution in [0.4, 0.5) is 9.18 Å². The van der Waals surface area contributed by atoms with Crippen LogP contribution in [0.3, 0.4) is 0 Å². The fourth-order valence-electron chi connectivity index (χ4n) is 3.51. The molecule has 0 unspecified atom stereocenters. The quantitative estimate of drug-likeness (QED) is 0.440. The van der Waals surface area contributed by atoms with Crippen molar-refractivity contribution in [3.8, 4) is 5.69 Å². The summed E-state index contributed by atoms with van der Waals surface area (Å²) in [6.45, 7) is 7.84. The molecule has 1 aromatic carbocycles. The Bertz CT molecular complexity index is 1050. The zero-order chi connectivity index (χ0) is 21.6. The minimum absolute atomic E-state index is 0.305. The molecule has 29 heavy (non-hydrogen) atoms. The Hall–Kier alpha value is -3.29. The van der Waals surface area contributed by atoms with Gasteiger partial charge in [-0.25, -0.2) is 14.1 Å². The highest BCUT2D eigenvalue weighted by Gasteiger charge is 2.46. The molecule has 3 rings (SSSR count). The third kappa shape index (κ3) is 3.35. The molecule has 0 saturated carbocycles. The number of Topliss-reactive ketones (excluding diaryl/α,β-unsaturated/α-hetero) is 1. The van der Waals surface area contributed by atoms with Crippen LogP contribution in [0.1, 0.15) is 41.2 Å². The van der Waals surface area contributed by atoms with Crippen LogP contribution in [0.15, 0.2) is 24.3 Å². The largest absolute Gasteiger partial charge is 0.334 e. The van der Waals surface area contributed by atoms with Crippen LogP contribution in [-0.2, 0) is 9.59 Å². The number of carbonyl (C=O) groups excluding carboxylic acids is 4. The van der Waals surface area contributed by atoms with E-state index in [0.717, 1.165) is 4.90 Å². The average molecular weight is 399 g/mol. The molecule has 0 spiro atoms. The van der Waals surface area contributed by atoms with Gasteiger partial charge in [-0.05, 0) is 58.4 Å². The highest BCUT2D eigenvalue weighted by molar-refractivity contribution is 6.45. The molecule has 0 N–H and O–H groups in total. The molecule has 8 heteroatoms. The number of urea groups is 1. The summed E-state index contributed by atoms with van der Waals surface area (Å²) in [7, 11) is 0. The number of carbonyl (C=O) groups is 4. The second kappa shape index (κ2) is 7.27. The molecule has 1 fully saturated rings. The van der Waals surface area contributed by atoms with E-state index in [2.05, 4.69) is 0 Å². The maximum atomic E-state index is 14.0. The Kier molecular flexibility index (Phi) is 5.13. The SMILES string of the molecule is Cc1ccc(-n2c(C)cc(C(=O)CN3C(=O)C(=O)N(C(C)C)C3=O)c2C)cc1F. The van der Waals surface area contributed by atoms with E-state index in [-0.39, 0.29) is 5.82 Å². The monoisotopic (exact) mass is 399 g/mol. The van der Waals surface area contributed by atoms with E-state index in [4.69, 9.17) is 0 Å². The summed E-state index contributed by atoms with van der Waals surface area (Å²) in [5.41, 5.74) is 2.64. The molecule has 0 bridgehead atoms. The lowest BCUT2D eigenvalue weighted by Gasteiger charge is -2.18. The Morgan fingerprint density at radius 3 is 2.24 bits per heavy atom. The van der Waals surface area contributed by atoms with Crippen LogP contribution in [0.25, 0.3) is 5.69 Å². The number of aryl methyl sites for hydroxylation is 2. The zero-order valence-corrected chi connectivity index (χ0v) is 16.9. The van der Waals surface area contributed by atoms with Gasteiger partial charge in [-0.3, -0.25) is 19.3 Å². The van der Waals surface area contributed by atoms with Crippen LogP contribution in [-0.4, -0.2) is 50.6 Å². The second-order valence-electron chi connectivity index (χ2n) is 7.42. The molecule has 2 heterocycles. The fourth-order valence-corrected chi connectivity index (χ4v) is 3.51. The number of hydrogen-bond acceptors (Lipinski definition) is 4. The topological polar surface area (TPSA) is 79.7 Å². The van der Waals surface area contributed by atoms with Gasteiger partial charge in [-0.2, -0.15) is 0 Å². The average Bonchev–Trinajstić information content (AvgIpc) is 3.05. The summed E-state index contributed by atoms with van der Waals surface area (Å²) >= 11 is 0. The molecule has 0 radical (unpaired) electrons. The van der Waals surface area contributed by atoms with Gasteiger partial charge in [0, 0.05) is 28.7 Å². The number of rotatable bonds is 5. The first-order valence-corrected chi connectivity index (χ1v) is 9.22. The number of nitrogens with zero attached hydrogens (tertiary/aromatic N) is 3. The highest BCUT2D eigenvalue weighted by Crippen LogP contribution is 2.24. The summed E-state index contributed by atoms with van der Waals surface area (Å²) < 4.78 is 15.7. The Morgan fingerprint density at radius 2 is 1.69 bits per heavy atom. The van der Waals surface area contributed by atoms with E-state index in [1.807, 2.05) is 0 Å². The van der Waals surface area contributed by atoms with E-state index >= 15 is 0 Å². The molecule has 1 aromatic heterocycles. The predicted molar refractivity (Wildman–Crippen MR) is 103 cm³/mol. The molecular formula is C21H22FN3O4. The van der Waals surface area contributed by atoms with Gasteiger partial charge < -0.3 is 4.57 Å². The number of ketones is 1. The fraction of sp³-hybridized carbons (Fsp3) is 0.333. The minimum Gasteiger partial charge on any atom is -0.318 e. The van der Waals surface area contributed by atoms with Crippen molar-refractivity contribution >= 4 is 23.6 Å². The molecule has 7 nitrogen and oxygen atoms in total. The first-order chi connectivity index (χ1) is 13.5. The first-order valence-electron chi connectivity index (χ1n) is 9.22.